The average molecular weight is 271 g/mol. The Labute approximate surface area is 119 Å². The van der Waals surface area contributed by atoms with Gasteiger partial charge in [-0.15, -0.1) is 5.10 Å². The Hall–Kier alpha value is -1.91. The number of rotatable bonds is 2. The molecule has 3 rings (SSSR count). The van der Waals surface area contributed by atoms with Gasteiger partial charge in [0.05, 0.1) is 5.54 Å². The predicted octanol–water partition coefficient (Wildman–Crippen LogP) is 2.91. The normalized spacial score (nSPS) is 18.1. The minimum absolute atomic E-state index is 0.0341. The number of aryl methyl sites for hydroxylation is 1. The first-order chi connectivity index (χ1) is 9.60. The second-order valence-electron chi connectivity index (χ2n) is 6.04. The van der Waals surface area contributed by atoms with Gasteiger partial charge >= 0.3 is 0 Å². The first-order valence-corrected chi connectivity index (χ1v) is 7.25. The van der Waals surface area contributed by atoms with Gasteiger partial charge in [-0.25, -0.2) is 4.68 Å². The number of nitrogen functional groups attached to an aromatic ring is 1. The highest BCUT2D eigenvalue weighted by Crippen LogP contribution is 2.36. The number of tetrazole rings is 1. The van der Waals surface area contributed by atoms with Crippen LogP contribution in [0.2, 0.25) is 0 Å². The summed E-state index contributed by atoms with van der Waals surface area (Å²) in [6.07, 6.45) is 6.08. The Balaban J connectivity index is 2.03. The van der Waals surface area contributed by atoms with Crippen molar-refractivity contribution in [1.29, 1.82) is 0 Å². The third-order valence-corrected chi connectivity index (χ3v) is 4.44. The van der Waals surface area contributed by atoms with Crippen molar-refractivity contribution in [3.63, 3.8) is 0 Å². The quantitative estimate of drug-likeness (QED) is 0.853. The fraction of sp³-hybridized carbons (Fsp3) is 0.533. The maximum atomic E-state index is 5.89. The number of hydrogen-bond donors (Lipinski definition) is 1. The molecular weight excluding hydrogens is 250 g/mol. The molecule has 0 amide bonds. The van der Waals surface area contributed by atoms with E-state index in [1.54, 1.807) is 0 Å². The second-order valence-corrected chi connectivity index (χ2v) is 6.04. The van der Waals surface area contributed by atoms with Crippen molar-refractivity contribution in [1.82, 2.24) is 20.2 Å². The van der Waals surface area contributed by atoms with Gasteiger partial charge in [0.25, 0.3) is 0 Å². The van der Waals surface area contributed by atoms with E-state index in [0.717, 1.165) is 35.5 Å². The van der Waals surface area contributed by atoms with Crippen LogP contribution in [0.5, 0.6) is 0 Å². The van der Waals surface area contributed by atoms with Crippen LogP contribution in [-0.2, 0) is 5.54 Å². The van der Waals surface area contributed by atoms with Crippen molar-refractivity contribution in [3.05, 3.63) is 23.8 Å². The van der Waals surface area contributed by atoms with Crippen LogP contribution in [-0.4, -0.2) is 20.2 Å². The van der Waals surface area contributed by atoms with Crippen molar-refractivity contribution < 1.29 is 0 Å². The van der Waals surface area contributed by atoms with Crippen molar-refractivity contribution in [2.75, 3.05) is 5.73 Å². The van der Waals surface area contributed by atoms with Gasteiger partial charge in [0, 0.05) is 11.3 Å². The molecular formula is C15H21N5. The SMILES string of the molecule is Cc1cc(-c2nnnn2C2(C)CCCCC2)ccc1N. The Kier molecular flexibility index (Phi) is 3.20. The van der Waals surface area contributed by atoms with E-state index in [4.69, 9.17) is 5.73 Å². The van der Waals surface area contributed by atoms with E-state index < -0.39 is 0 Å². The molecule has 0 radical (unpaired) electrons. The van der Waals surface area contributed by atoms with Crippen LogP contribution < -0.4 is 5.73 Å². The molecule has 106 valence electrons. The number of benzene rings is 1. The summed E-state index contributed by atoms with van der Waals surface area (Å²) in [6, 6.07) is 5.98. The Morgan fingerprint density at radius 1 is 1.20 bits per heavy atom. The molecule has 5 heteroatoms. The molecule has 1 aliphatic rings. The second kappa shape index (κ2) is 4.89. The smallest absolute Gasteiger partial charge is 0.182 e. The van der Waals surface area contributed by atoms with E-state index in [2.05, 4.69) is 28.5 Å². The molecule has 20 heavy (non-hydrogen) atoms. The zero-order chi connectivity index (χ0) is 14.2. The third kappa shape index (κ3) is 2.17. The van der Waals surface area contributed by atoms with E-state index in [0.29, 0.717) is 0 Å². The molecule has 0 aliphatic heterocycles. The highest BCUT2D eigenvalue weighted by molar-refractivity contribution is 5.62. The molecule has 1 aromatic heterocycles. The Bertz CT molecular complexity index is 610. The van der Waals surface area contributed by atoms with E-state index in [9.17, 15) is 0 Å². The summed E-state index contributed by atoms with van der Waals surface area (Å²) < 4.78 is 2.01. The number of nitrogens with zero attached hydrogens (tertiary/aromatic N) is 4. The number of hydrogen-bond acceptors (Lipinski definition) is 4. The van der Waals surface area contributed by atoms with Crippen molar-refractivity contribution in [2.45, 2.75) is 51.5 Å². The van der Waals surface area contributed by atoms with Gasteiger partial charge in [-0.3, -0.25) is 0 Å². The van der Waals surface area contributed by atoms with Crippen LogP contribution >= 0.6 is 0 Å². The highest BCUT2D eigenvalue weighted by Gasteiger charge is 2.32. The lowest BCUT2D eigenvalue weighted by molar-refractivity contribution is 0.197. The van der Waals surface area contributed by atoms with Gasteiger partial charge in [-0.05, 0) is 60.9 Å². The summed E-state index contributed by atoms with van der Waals surface area (Å²) >= 11 is 0. The molecule has 1 saturated carbocycles. The first kappa shape index (κ1) is 13.1. The molecule has 0 unspecified atom stereocenters. The zero-order valence-corrected chi connectivity index (χ0v) is 12.1. The molecule has 0 bridgehead atoms. The van der Waals surface area contributed by atoms with Crippen molar-refractivity contribution >= 4 is 5.69 Å². The lowest BCUT2D eigenvalue weighted by Gasteiger charge is -2.34. The molecule has 1 fully saturated rings. The maximum Gasteiger partial charge on any atom is 0.182 e. The topological polar surface area (TPSA) is 69.6 Å². The molecule has 1 aliphatic carbocycles. The molecule has 2 aromatic rings. The molecule has 0 atom stereocenters. The summed E-state index contributed by atoms with van der Waals surface area (Å²) in [5.41, 5.74) is 8.82. The number of anilines is 1. The molecule has 2 N–H and O–H groups in total. The van der Waals surface area contributed by atoms with Gasteiger partial charge in [0.2, 0.25) is 0 Å². The first-order valence-electron chi connectivity index (χ1n) is 7.25. The van der Waals surface area contributed by atoms with Crippen LogP contribution in [0.25, 0.3) is 11.4 Å². The van der Waals surface area contributed by atoms with Crippen LogP contribution in [0.3, 0.4) is 0 Å². The molecule has 0 saturated heterocycles. The fourth-order valence-corrected chi connectivity index (χ4v) is 3.07. The van der Waals surface area contributed by atoms with Gasteiger partial charge in [0.15, 0.2) is 5.82 Å². The molecule has 1 heterocycles. The largest absolute Gasteiger partial charge is 0.399 e. The molecule has 0 spiro atoms. The summed E-state index contributed by atoms with van der Waals surface area (Å²) in [6.45, 7) is 4.27. The Morgan fingerprint density at radius 2 is 1.95 bits per heavy atom. The van der Waals surface area contributed by atoms with Crippen LogP contribution in [0, 0.1) is 6.92 Å². The predicted molar refractivity (Wildman–Crippen MR) is 79.1 cm³/mol. The summed E-state index contributed by atoms with van der Waals surface area (Å²) in [7, 11) is 0. The van der Waals surface area contributed by atoms with Gasteiger partial charge in [-0.1, -0.05) is 19.3 Å². The van der Waals surface area contributed by atoms with E-state index >= 15 is 0 Å². The lowest BCUT2D eigenvalue weighted by atomic mass is 9.83. The highest BCUT2D eigenvalue weighted by atomic mass is 15.6. The van der Waals surface area contributed by atoms with Crippen LogP contribution in [0.4, 0.5) is 5.69 Å². The van der Waals surface area contributed by atoms with Crippen molar-refractivity contribution in [3.8, 4) is 11.4 Å². The summed E-state index contributed by atoms with van der Waals surface area (Å²) in [4.78, 5) is 0. The Morgan fingerprint density at radius 3 is 2.65 bits per heavy atom. The van der Waals surface area contributed by atoms with E-state index in [1.165, 1.54) is 19.3 Å². The van der Waals surface area contributed by atoms with Gasteiger partial charge in [0.1, 0.15) is 0 Å². The minimum Gasteiger partial charge on any atom is -0.399 e. The average Bonchev–Trinajstić information content (AvgIpc) is 2.93. The number of nitrogens with two attached hydrogens (primary N) is 1. The lowest BCUT2D eigenvalue weighted by Crippen LogP contribution is -2.34. The third-order valence-electron chi connectivity index (χ3n) is 4.44. The summed E-state index contributed by atoms with van der Waals surface area (Å²) in [5.74, 6) is 0.845. The standard InChI is InChI=1S/C15H21N5/c1-11-10-12(6-7-13(11)16)14-17-18-19-20(14)15(2)8-4-3-5-9-15/h6-7,10H,3-5,8-9,16H2,1-2H3. The fourth-order valence-electron chi connectivity index (χ4n) is 3.07. The summed E-state index contributed by atoms with van der Waals surface area (Å²) in [5, 5.41) is 12.4. The maximum absolute atomic E-state index is 5.89. The number of aromatic nitrogens is 4. The van der Waals surface area contributed by atoms with Crippen LogP contribution in [0.15, 0.2) is 18.2 Å². The van der Waals surface area contributed by atoms with Gasteiger partial charge < -0.3 is 5.73 Å². The van der Waals surface area contributed by atoms with E-state index in [1.807, 2.05) is 23.7 Å². The van der Waals surface area contributed by atoms with Gasteiger partial charge in [-0.2, -0.15) is 0 Å². The molecule has 1 aromatic carbocycles. The molecule has 5 nitrogen and oxygen atoms in total. The monoisotopic (exact) mass is 271 g/mol. The van der Waals surface area contributed by atoms with E-state index in [-0.39, 0.29) is 5.54 Å². The minimum atomic E-state index is 0.0341. The van der Waals surface area contributed by atoms with Crippen LogP contribution in [0.1, 0.15) is 44.6 Å². The van der Waals surface area contributed by atoms with Crippen molar-refractivity contribution in [2.24, 2.45) is 0 Å². The zero-order valence-electron chi connectivity index (χ0n) is 12.1.